The van der Waals surface area contributed by atoms with Crippen molar-refractivity contribution in [3.8, 4) is 0 Å². The highest BCUT2D eigenvalue weighted by atomic mass is 79.9. The number of hydrogen-bond donors (Lipinski definition) is 0. The lowest BCUT2D eigenvalue weighted by Gasteiger charge is -2.23. The molecule has 1 heterocycles. The van der Waals surface area contributed by atoms with Crippen LogP contribution in [0.1, 0.15) is 36.0 Å². The maximum atomic E-state index is 5.72. The van der Waals surface area contributed by atoms with Crippen molar-refractivity contribution < 1.29 is 9.47 Å². The van der Waals surface area contributed by atoms with Gasteiger partial charge in [-0.25, -0.2) is 0 Å². The van der Waals surface area contributed by atoms with E-state index >= 15 is 0 Å². The molecular formula is C13H15BrO2. The molecule has 16 heavy (non-hydrogen) atoms. The highest BCUT2D eigenvalue weighted by Crippen LogP contribution is 2.44. The lowest BCUT2D eigenvalue weighted by Crippen LogP contribution is -2.21. The molecule has 1 saturated heterocycles. The molecule has 3 rings (SSSR count). The van der Waals surface area contributed by atoms with Crippen LogP contribution in [0, 0.1) is 0 Å². The van der Waals surface area contributed by atoms with Crippen molar-refractivity contribution in [3.05, 3.63) is 33.8 Å². The lowest BCUT2D eigenvalue weighted by molar-refractivity contribution is -0.0901. The number of hydrogen-bond acceptors (Lipinski definition) is 2. The Morgan fingerprint density at radius 3 is 2.75 bits per heavy atom. The van der Waals surface area contributed by atoms with Crippen molar-refractivity contribution in [1.29, 1.82) is 0 Å². The van der Waals surface area contributed by atoms with Gasteiger partial charge in [0.15, 0.2) is 0 Å². The molecule has 2 fully saturated rings. The smallest absolute Gasteiger partial charge is 0.106 e. The van der Waals surface area contributed by atoms with Crippen LogP contribution in [-0.4, -0.2) is 19.8 Å². The van der Waals surface area contributed by atoms with Gasteiger partial charge in [-0.3, -0.25) is 0 Å². The van der Waals surface area contributed by atoms with Crippen LogP contribution in [-0.2, 0) is 9.47 Å². The molecule has 3 heteroatoms. The molecule has 1 aromatic rings. The normalized spacial score (nSPS) is 25.7. The first-order chi connectivity index (χ1) is 7.84. The van der Waals surface area contributed by atoms with Crippen molar-refractivity contribution in [1.82, 2.24) is 0 Å². The summed E-state index contributed by atoms with van der Waals surface area (Å²) in [5.74, 6) is 0.763. The molecule has 2 nitrogen and oxygen atoms in total. The van der Waals surface area contributed by atoms with E-state index in [0.717, 1.165) is 12.5 Å². The van der Waals surface area contributed by atoms with Gasteiger partial charge in [-0.15, -0.1) is 0 Å². The Labute approximate surface area is 104 Å². The van der Waals surface area contributed by atoms with Crippen molar-refractivity contribution in [2.45, 2.75) is 24.9 Å². The van der Waals surface area contributed by atoms with E-state index in [1.165, 1.54) is 28.4 Å². The molecular weight excluding hydrogens is 268 g/mol. The number of halogens is 1. The molecule has 2 aliphatic rings. The first-order valence-electron chi connectivity index (χ1n) is 5.83. The zero-order valence-electron chi connectivity index (χ0n) is 9.12. The summed E-state index contributed by atoms with van der Waals surface area (Å²) >= 11 is 3.62. The third-order valence-corrected chi connectivity index (χ3v) is 3.95. The van der Waals surface area contributed by atoms with Crippen LogP contribution in [0.3, 0.4) is 0 Å². The zero-order valence-corrected chi connectivity index (χ0v) is 10.7. The van der Waals surface area contributed by atoms with E-state index in [9.17, 15) is 0 Å². The highest BCUT2D eigenvalue weighted by molar-refractivity contribution is 9.10. The summed E-state index contributed by atoms with van der Waals surface area (Å²) in [7, 11) is 0. The maximum absolute atomic E-state index is 5.72. The van der Waals surface area contributed by atoms with Crippen LogP contribution in [0.15, 0.2) is 22.7 Å². The first kappa shape index (κ1) is 10.8. The summed E-state index contributed by atoms with van der Waals surface area (Å²) in [4.78, 5) is 0. The summed E-state index contributed by atoms with van der Waals surface area (Å²) in [6, 6.07) is 6.55. The van der Waals surface area contributed by atoms with E-state index in [4.69, 9.17) is 9.47 Å². The average Bonchev–Trinajstić information content (AvgIpc) is 3.15. The molecule has 1 aliphatic heterocycles. The minimum absolute atomic E-state index is 0.124. The Kier molecular flexibility index (Phi) is 3.01. The van der Waals surface area contributed by atoms with E-state index in [1.807, 2.05) is 0 Å². The van der Waals surface area contributed by atoms with E-state index in [2.05, 4.69) is 34.1 Å². The summed E-state index contributed by atoms with van der Waals surface area (Å²) in [6.07, 6.45) is 2.77. The van der Waals surface area contributed by atoms with Crippen LogP contribution < -0.4 is 0 Å². The van der Waals surface area contributed by atoms with Gasteiger partial charge in [0.2, 0.25) is 0 Å². The van der Waals surface area contributed by atoms with Crippen LogP contribution >= 0.6 is 15.9 Å². The molecule has 0 radical (unpaired) electrons. The zero-order chi connectivity index (χ0) is 11.0. The lowest BCUT2D eigenvalue weighted by atomic mass is 10.0. The Bertz CT molecular complexity index is 382. The van der Waals surface area contributed by atoms with Gasteiger partial charge in [0, 0.05) is 4.47 Å². The molecule has 0 N–H and O–H groups in total. The van der Waals surface area contributed by atoms with Gasteiger partial charge in [0.25, 0.3) is 0 Å². The number of ether oxygens (including phenoxy) is 2. The standard InChI is InChI=1S/C13H15BrO2/c14-12-4-3-10(7-11(12)9-1-2-9)13-8-15-5-6-16-13/h3-4,7,9,13H,1-2,5-6,8H2. The summed E-state index contributed by atoms with van der Waals surface area (Å²) in [5.41, 5.74) is 2.69. The maximum Gasteiger partial charge on any atom is 0.106 e. The van der Waals surface area contributed by atoms with Crippen molar-refractivity contribution >= 4 is 15.9 Å². The Morgan fingerprint density at radius 2 is 2.06 bits per heavy atom. The Hall–Kier alpha value is -0.380. The molecule has 1 aliphatic carbocycles. The van der Waals surface area contributed by atoms with Gasteiger partial charge in [-0.1, -0.05) is 28.1 Å². The Morgan fingerprint density at radius 1 is 1.19 bits per heavy atom. The van der Waals surface area contributed by atoms with Crippen LogP contribution in [0.5, 0.6) is 0 Å². The third-order valence-electron chi connectivity index (χ3n) is 3.22. The first-order valence-corrected chi connectivity index (χ1v) is 6.62. The number of rotatable bonds is 2. The molecule has 1 aromatic carbocycles. The average molecular weight is 283 g/mol. The quantitative estimate of drug-likeness (QED) is 0.828. The molecule has 0 amide bonds. The fraction of sp³-hybridized carbons (Fsp3) is 0.538. The molecule has 86 valence electrons. The fourth-order valence-corrected chi connectivity index (χ4v) is 2.72. The molecule has 0 aromatic heterocycles. The molecule has 1 unspecified atom stereocenters. The summed E-state index contributed by atoms with van der Waals surface area (Å²) < 4.78 is 12.4. The van der Waals surface area contributed by atoms with E-state index in [1.54, 1.807) is 0 Å². The largest absolute Gasteiger partial charge is 0.376 e. The van der Waals surface area contributed by atoms with Gasteiger partial charge in [-0.05, 0) is 36.0 Å². The van der Waals surface area contributed by atoms with Crippen molar-refractivity contribution in [3.63, 3.8) is 0 Å². The second kappa shape index (κ2) is 4.47. The fourth-order valence-electron chi connectivity index (χ4n) is 2.15. The van der Waals surface area contributed by atoms with Gasteiger partial charge >= 0.3 is 0 Å². The Balaban J connectivity index is 1.85. The third kappa shape index (κ3) is 2.17. The van der Waals surface area contributed by atoms with Crippen molar-refractivity contribution in [2.75, 3.05) is 19.8 Å². The topological polar surface area (TPSA) is 18.5 Å². The molecule has 1 atom stereocenters. The highest BCUT2D eigenvalue weighted by Gasteiger charge is 2.27. The monoisotopic (exact) mass is 282 g/mol. The van der Waals surface area contributed by atoms with Gasteiger partial charge < -0.3 is 9.47 Å². The van der Waals surface area contributed by atoms with Gasteiger partial charge in [0.1, 0.15) is 6.10 Å². The van der Waals surface area contributed by atoms with Crippen LogP contribution in [0.2, 0.25) is 0 Å². The SMILES string of the molecule is Brc1ccc(C2COCCO2)cc1C1CC1. The van der Waals surface area contributed by atoms with E-state index < -0.39 is 0 Å². The minimum atomic E-state index is 0.124. The second-order valence-electron chi connectivity index (χ2n) is 4.49. The summed E-state index contributed by atoms with van der Waals surface area (Å²) in [6.45, 7) is 2.12. The summed E-state index contributed by atoms with van der Waals surface area (Å²) in [5, 5.41) is 0. The predicted octanol–water partition coefficient (Wildman–Crippen LogP) is 3.41. The predicted molar refractivity (Wildman–Crippen MR) is 65.6 cm³/mol. The van der Waals surface area contributed by atoms with Crippen LogP contribution in [0.4, 0.5) is 0 Å². The van der Waals surface area contributed by atoms with Gasteiger partial charge in [0.05, 0.1) is 19.8 Å². The molecule has 1 saturated carbocycles. The van der Waals surface area contributed by atoms with E-state index in [-0.39, 0.29) is 6.10 Å². The molecule has 0 spiro atoms. The van der Waals surface area contributed by atoms with Crippen molar-refractivity contribution in [2.24, 2.45) is 0 Å². The van der Waals surface area contributed by atoms with E-state index in [0.29, 0.717) is 13.2 Å². The minimum Gasteiger partial charge on any atom is -0.376 e. The van der Waals surface area contributed by atoms with Gasteiger partial charge in [-0.2, -0.15) is 0 Å². The number of benzene rings is 1. The second-order valence-corrected chi connectivity index (χ2v) is 5.34. The van der Waals surface area contributed by atoms with Crippen LogP contribution in [0.25, 0.3) is 0 Å². The molecule has 0 bridgehead atoms.